The molecule has 5 nitrogen and oxygen atoms in total. The molecular formula is C26H31N3O2S. The fraction of sp³-hybridized carbons (Fsp3) is 0.346. The molecule has 3 aromatic rings. The van der Waals surface area contributed by atoms with Crippen molar-refractivity contribution in [1.29, 1.82) is 0 Å². The summed E-state index contributed by atoms with van der Waals surface area (Å²) in [6.07, 6.45) is 2.81. The molecule has 0 fully saturated rings. The van der Waals surface area contributed by atoms with Crippen LogP contribution in [0, 0.1) is 13.8 Å². The normalized spacial score (nSPS) is 14.2. The molecule has 1 aromatic heterocycles. The minimum Gasteiger partial charge on any atom is -0.355 e. The van der Waals surface area contributed by atoms with Crippen molar-refractivity contribution in [2.45, 2.75) is 33.7 Å². The number of sulfone groups is 1. The average Bonchev–Trinajstić information content (AvgIpc) is 2.80. The van der Waals surface area contributed by atoms with Gasteiger partial charge in [0.25, 0.3) is 0 Å². The molecule has 0 unspecified atom stereocenters. The fourth-order valence-electron chi connectivity index (χ4n) is 4.15. The second-order valence-electron chi connectivity index (χ2n) is 8.58. The van der Waals surface area contributed by atoms with E-state index >= 15 is 0 Å². The van der Waals surface area contributed by atoms with Gasteiger partial charge in [-0.15, -0.1) is 0 Å². The summed E-state index contributed by atoms with van der Waals surface area (Å²) >= 11 is 0. The maximum Gasteiger partial charge on any atom is 0.151 e. The third-order valence-corrected chi connectivity index (χ3v) is 7.89. The molecule has 0 atom stereocenters. The topological polar surface area (TPSA) is 62.3 Å². The van der Waals surface area contributed by atoms with Crippen LogP contribution in [0.4, 0.5) is 11.4 Å². The van der Waals surface area contributed by atoms with Gasteiger partial charge < -0.3 is 5.32 Å². The lowest BCUT2D eigenvalue weighted by atomic mass is 9.97. The van der Waals surface area contributed by atoms with Crippen LogP contribution in [-0.4, -0.2) is 42.9 Å². The summed E-state index contributed by atoms with van der Waals surface area (Å²) in [5.41, 5.74) is 9.19. The van der Waals surface area contributed by atoms with Gasteiger partial charge in [0.05, 0.1) is 11.4 Å². The molecule has 4 rings (SSSR count). The zero-order valence-corrected chi connectivity index (χ0v) is 19.9. The first-order chi connectivity index (χ1) is 15.3. The first-order valence-electron chi connectivity index (χ1n) is 11.2. The van der Waals surface area contributed by atoms with Gasteiger partial charge in [0.15, 0.2) is 9.84 Å². The molecule has 2 aromatic carbocycles. The predicted molar refractivity (Wildman–Crippen MR) is 132 cm³/mol. The SMILES string of the molecule is CCS(=O)(=O)CCN1CCc2c(cccc2Nc2ccc(C)c(-c3ccc(C)cn3)c2)C1. The van der Waals surface area contributed by atoms with Crippen molar-refractivity contribution < 1.29 is 8.42 Å². The van der Waals surface area contributed by atoms with E-state index in [1.807, 2.05) is 13.1 Å². The van der Waals surface area contributed by atoms with Crippen LogP contribution < -0.4 is 5.32 Å². The molecule has 0 aliphatic carbocycles. The van der Waals surface area contributed by atoms with Crippen LogP contribution in [0.5, 0.6) is 0 Å². The molecule has 2 heterocycles. The first kappa shape index (κ1) is 22.5. The van der Waals surface area contributed by atoms with Gasteiger partial charge in [0.2, 0.25) is 0 Å². The summed E-state index contributed by atoms with van der Waals surface area (Å²) in [7, 11) is -2.94. The average molecular weight is 450 g/mol. The number of hydrogen-bond donors (Lipinski definition) is 1. The van der Waals surface area contributed by atoms with Crippen molar-refractivity contribution in [1.82, 2.24) is 9.88 Å². The van der Waals surface area contributed by atoms with Gasteiger partial charge in [-0.2, -0.15) is 0 Å². The van der Waals surface area contributed by atoms with Crippen LogP contribution in [-0.2, 0) is 22.8 Å². The highest BCUT2D eigenvalue weighted by atomic mass is 32.2. The number of aryl methyl sites for hydroxylation is 2. The quantitative estimate of drug-likeness (QED) is 0.556. The van der Waals surface area contributed by atoms with Gasteiger partial charge in [-0.25, -0.2) is 8.42 Å². The van der Waals surface area contributed by atoms with Crippen molar-refractivity contribution in [2.75, 3.05) is 29.9 Å². The zero-order valence-electron chi connectivity index (χ0n) is 19.1. The summed E-state index contributed by atoms with van der Waals surface area (Å²) in [4.78, 5) is 6.84. The molecule has 32 heavy (non-hydrogen) atoms. The smallest absolute Gasteiger partial charge is 0.151 e. The van der Waals surface area contributed by atoms with Crippen molar-refractivity contribution in [3.05, 3.63) is 77.0 Å². The van der Waals surface area contributed by atoms with Crippen LogP contribution in [0.3, 0.4) is 0 Å². The lowest BCUT2D eigenvalue weighted by Gasteiger charge is -2.30. The minimum atomic E-state index is -2.94. The largest absolute Gasteiger partial charge is 0.355 e. The maximum atomic E-state index is 11.9. The number of rotatable bonds is 7. The van der Waals surface area contributed by atoms with Gasteiger partial charge in [0, 0.05) is 48.5 Å². The number of fused-ring (bicyclic) bond motifs is 1. The second-order valence-corrected chi connectivity index (χ2v) is 11.1. The van der Waals surface area contributed by atoms with Crippen LogP contribution >= 0.6 is 0 Å². The first-order valence-corrected chi connectivity index (χ1v) is 13.0. The Kier molecular flexibility index (Phi) is 6.63. The Morgan fingerprint density at radius 3 is 2.69 bits per heavy atom. The molecule has 6 heteroatoms. The number of aromatic nitrogens is 1. The lowest BCUT2D eigenvalue weighted by Crippen LogP contribution is -2.34. The van der Waals surface area contributed by atoms with Crippen LogP contribution in [0.2, 0.25) is 0 Å². The molecule has 1 aliphatic rings. The van der Waals surface area contributed by atoms with E-state index in [1.54, 1.807) is 6.92 Å². The van der Waals surface area contributed by atoms with E-state index in [2.05, 4.69) is 70.7 Å². The third-order valence-electron chi connectivity index (χ3n) is 6.21. The minimum absolute atomic E-state index is 0.210. The van der Waals surface area contributed by atoms with E-state index in [-0.39, 0.29) is 11.5 Å². The van der Waals surface area contributed by atoms with Gasteiger partial charge in [-0.3, -0.25) is 9.88 Å². The van der Waals surface area contributed by atoms with Gasteiger partial charge in [0.1, 0.15) is 0 Å². The van der Waals surface area contributed by atoms with Gasteiger partial charge in [-0.05, 0) is 66.8 Å². The zero-order chi connectivity index (χ0) is 22.7. The Balaban J connectivity index is 1.53. The summed E-state index contributed by atoms with van der Waals surface area (Å²) < 4.78 is 23.7. The second kappa shape index (κ2) is 9.43. The highest BCUT2D eigenvalue weighted by Crippen LogP contribution is 2.31. The van der Waals surface area contributed by atoms with E-state index in [1.165, 1.54) is 16.7 Å². The Hall–Kier alpha value is -2.70. The molecule has 168 valence electrons. The lowest BCUT2D eigenvalue weighted by molar-refractivity contribution is 0.269. The van der Waals surface area contributed by atoms with Crippen LogP contribution in [0.1, 0.15) is 29.2 Å². The summed E-state index contributed by atoms with van der Waals surface area (Å²) in [6.45, 7) is 8.12. The monoisotopic (exact) mass is 449 g/mol. The Labute approximate surface area is 191 Å². The molecule has 0 bridgehead atoms. The molecule has 0 amide bonds. The molecule has 0 radical (unpaired) electrons. The highest BCUT2D eigenvalue weighted by molar-refractivity contribution is 7.91. The number of nitrogens with zero attached hydrogens (tertiary/aromatic N) is 2. The maximum absolute atomic E-state index is 11.9. The number of benzene rings is 2. The Morgan fingerprint density at radius 2 is 1.94 bits per heavy atom. The molecule has 1 aliphatic heterocycles. The Bertz CT molecular complexity index is 1200. The van der Waals surface area contributed by atoms with Gasteiger partial charge in [-0.1, -0.05) is 31.2 Å². The van der Waals surface area contributed by atoms with E-state index in [9.17, 15) is 8.42 Å². The van der Waals surface area contributed by atoms with Gasteiger partial charge >= 0.3 is 0 Å². The fourth-order valence-corrected chi connectivity index (χ4v) is 4.97. The number of pyridine rings is 1. The number of anilines is 2. The Morgan fingerprint density at radius 1 is 1.09 bits per heavy atom. The summed E-state index contributed by atoms with van der Waals surface area (Å²) in [5.74, 6) is 0.443. The van der Waals surface area contributed by atoms with Crippen molar-refractivity contribution in [3.63, 3.8) is 0 Å². The van der Waals surface area contributed by atoms with E-state index in [4.69, 9.17) is 0 Å². The van der Waals surface area contributed by atoms with E-state index in [0.29, 0.717) is 6.54 Å². The van der Waals surface area contributed by atoms with Crippen molar-refractivity contribution in [3.8, 4) is 11.3 Å². The standard InChI is InChI=1S/C26H31N3O2S/c1-4-32(30,31)15-14-29-13-12-23-21(18-29)6-5-7-26(23)28-22-10-9-20(3)24(16-22)25-11-8-19(2)17-27-25/h5-11,16-17,28H,4,12-15,18H2,1-3H3. The number of hydrogen-bond acceptors (Lipinski definition) is 5. The van der Waals surface area contributed by atoms with Crippen LogP contribution in [0.15, 0.2) is 54.7 Å². The summed E-state index contributed by atoms with van der Waals surface area (Å²) in [6, 6.07) is 16.9. The molecule has 1 N–H and O–H groups in total. The van der Waals surface area contributed by atoms with Crippen molar-refractivity contribution in [2.24, 2.45) is 0 Å². The molecule has 0 spiro atoms. The molecule has 0 saturated carbocycles. The van der Waals surface area contributed by atoms with Crippen LogP contribution in [0.25, 0.3) is 11.3 Å². The van der Waals surface area contributed by atoms with E-state index in [0.717, 1.165) is 47.7 Å². The predicted octanol–water partition coefficient (Wildman–Crippen LogP) is 4.90. The molecule has 0 saturated heterocycles. The molecular weight excluding hydrogens is 418 g/mol. The van der Waals surface area contributed by atoms with E-state index < -0.39 is 9.84 Å². The highest BCUT2D eigenvalue weighted by Gasteiger charge is 2.20. The van der Waals surface area contributed by atoms with Crippen molar-refractivity contribution >= 4 is 21.2 Å². The number of nitrogens with one attached hydrogen (secondary N) is 1. The third kappa shape index (κ3) is 5.19. The summed E-state index contributed by atoms with van der Waals surface area (Å²) in [5, 5.41) is 3.62.